The van der Waals surface area contributed by atoms with Crippen molar-refractivity contribution in [1.29, 1.82) is 0 Å². The molecule has 26 heavy (non-hydrogen) atoms. The molecule has 0 atom stereocenters. The van der Waals surface area contributed by atoms with Crippen LogP contribution in [0.5, 0.6) is 0 Å². The van der Waals surface area contributed by atoms with E-state index in [4.69, 9.17) is 9.56 Å². The Morgan fingerprint density at radius 3 is 2.35 bits per heavy atom. The van der Waals surface area contributed by atoms with Crippen LogP contribution >= 0.6 is 0 Å². The molecule has 0 spiro atoms. The van der Waals surface area contributed by atoms with Crippen molar-refractivity contribution in [1.82, 2.24) is 5.43 Å². The lowest BCUT2D eigenvalue weighted by Gasteiger charge is -2.00. The van der Waals surface area contributed by atoms with Crippen LogP contribution in [0, 0.1) is 0 Å². The molecule has 0 fully saturated rings. The highest BCUT2D eigenvalue weighted by molar-refractivity contribution is 7.89. The first-order chi connectivity index (χ1) is 12.4. The Morgan fingerprint density at radius 1 is 1.00 bits per heavy atom. The standard InChI is InChI=1S/C18H15N3O4S/c19-26(23,24)16-9-6-13(7-10-16)17-11-8-15(25-17)12-20-21-18(22)14-4-2-1-3-5-14/h1-12H,(H,21,22)(H2,19,23,24)/b20-12-. The van der Waals surface area contributed by atoms with Crippen LogP contribution in [0.15, 0.2) is 81.1 Å². The van der Waals surface area contributed by atoms with E-state index in [2.05, 4.69) is 10.5 Å². The summed E-state index contributed by atoms with van der Waals surface area (Å²) in [5.74, 6) is 0.637. The summed E-state index contributed by atoms with van der Waals surface area (Å²) in [7, 11) is -3.73. The van der Waals surface area contributed by atoms with Crippen molar-refractivity contribution in [3.8, 4) is 11.3 Å². The second-order valence-corrected chi connectivity index (χ2v) is 6.90. The fourth-order valence-corrected chi connectivity index (χ4v) is 2.71. The zero-order valence-electron chi connectivity index (χ0n) is 13.5. The summed E-state index contributed by atoms with van der Waals surface area (Å²) < 4.78 is 28.1. The molecule has 0 saturated carbocycles. The fraction of sp³-hybridized carbons (Fsp3) is 0. The Labute approximate surface area is 150 Å². The Balaban J connectivity index is 1.67. The van der Waals surface area contributed by atoms with E-state index in [9.17, 15) is 13.2 Å². The van der Waals surface area contributed by atoms with E-state index in [0.29, 0.717) is 22.6 Å². The van der Waals surface area contributed by atoms with Gasteiger partial charge < -0.3 is 4.42 Å². The van der Waals surface area contributed by atoms with Crippen LogP contribution in [0.4, 0.5) is 0 Å². The molecule has 1 heterocycles. The first-order valence-corrected chi connectivity index (χ1v) is 9.10. The van der Waals surface area contributed by atoms with Gasteiger partial charge in [-0.15, -0.1) is 0 Å². The van der Waals surface area contributed by atoms with Crippen LogP contribution in [-0.4, -0.2) is 20.5 Å². The van der Waals surface area contributed by atoms with E-state index in [-0.39, 0.29) is 10.8 Å². The number of nitrogens with zero attached hydrogens (tertiary/aromatic N) is 1. The summed E-state index contributed by atoms with van der Waals surface area (Å²) >= 11 is 0. The summed E-state index contributed by atoms with van der Waals surface area (Å²) in [5.41, 5.74) is 3.60. The summed E-state index contributed by atoms with van der Waals surface area (Å²) in [6.07, 6.45) is 1.38. The number of hydrogen-bond acceptors (Lipinski definition) is 5. The second-order valence-electron chi connectivity index (χ2n) is 5.34. The number of sulfonamides is 1. The number of nitrogens with one attached hydrogen (secondary N) is 1. The molecule has 3 aromatic rings. The summed E-state index contributed by atoms with van der Waals surface area (Å²) in [6.45, 7) is 0. The third-order valence-corrected chi connectivity index (χ3v) is 4.42. The van der Waals surface area contributed by atoms with Crippen LogP contribution in [-0.2, 0) is 10.0 Å². The van der Waals surface area contributed by atoms with Gasteiger partial charge in [-0.2, -0.15) is 5.10 Å². The maximum atomic E-state index is 11.9. The smallest absolute Gasteiger partial charge is 0.271 e. The second kappa shape index (κ2) is 7.34. The van der Waals surface area contributed by atoms with E-state index in [1.54, 1.807) is 48.5 Å². The molecule has 0 radical (unpaired) electrons. The van der Waals surface area contributed by atoms with Gasteiger partial charge in [0.25, 0.3) is 5.91 Å². The number of benzene rings is 2. The molecule has 3 N–H and O–H groups in total. The molecule has 1 aromatic heterocycles. The number of primary sulfonamides is 1. The van der Waals surface area contributed by atoms with E-state index < -0.39 is 10.0 Å². The molecular weight excluding hydrogens is 354 g/mol. The summed E-state index contributed by atoms with van der Waals surface area (Å²) in [5, 5.41) is 8.93. The molecule has 0 aliphatic rings. The van der Waals surface area contributed by atoms with Gasteiger partial charge in [0.05, 0.1) is 11.1 Å². The van der Waals surface area contributed by atoms with Gasteiger partial charge in [-0.25, -0.2) is 19.0 Å². The van der Waals surface area contributed by atoms with Crippen molar-refractivity contribution in [2.75, 3.05) is 0 Å². The summed E-state index contributed by atoms with van der Waals surface area (Å²) in [6, 6.07) is 18.1. The van der Waals surface area contributed by atoms with E-state index in [1.165, 1.54) is 18.3 Å². The van der Waals surface area contributed by atoms with Gasteiger partial charge in [0.1, 0.15) is 11.5 Å². The molecule has 132 valence electrons. The lowest BCUT2D eigenvalue weighted by molar-refractivity contribution is 0.0955. The van der Waals surface area contributed by atoms with Gasteiger partial charge in [-0.3, -0.25) is 4.79 Å². The molecule has 2 aromatic carbocycles. The van der Waals surface area contributed by atoms with Crippen LogP contribution in [0.2, 0.25) is 0 Å². The SMILES string of the molecule is NS(=O)(=O)c1ccc(-c2ccc(/C=N\NC(=O)c3ccccc3)o2)cc1. The molecule has 0 aliphatic heterocycles. The highest BCUT2D eigenvalue weighted by Gasteiger charge is 2.09. The molecule has 8 heteroatoms. The number of carbonyl (C=O) groups is 1. The number of hydrogen-bond donors (Lipinski definition) is 2. The van der Waals surface area contributed by atoms with Crippen LogP contribution in [0.3, 0.4) is 0 Å². The van der Waals surface area contributed by atoms with Crippen LogP contribution < -0.4 is 10.6 Å². The van der Waals surface area contributed by atoms with Crippen LogP contribution in [0.1, 0.15) is 16.1 Å². The van der Waals surface area contributed by atoms with E-state index >= 15 is 0 Å². The minimum Gasteiger partial charge on any atom is -0.455 e. The Bertz CT molecular complexity index is 1040. The van der Waals surface area contributed by atoms with Crippen molar-refractivity contribution in [2.45, 2.75) is 4.90 Å². The third-order valence-electron chi connectivity index (χ3n) is 3.49. The molecule has 1 amide bonds. The van der Waals surface area contributed by atoms with E-state index in [1.807, 2.05) is 6.07 Å². The molecule has 0 aliphatic carbocycles. The normalized spacial score (nSPS) is 11.6. The van der Waals surface area contributed by atoms with E-state index in [0.717, 1.165) is 0 Å². The number of furan rings is 1. The Hall–Kier alpha value is -3.23. The molecular formula is C18H15N3O4S. The molecule has 7 nitrogen and oxygen atoms in total. The van der Waals surface area contributed by atoms with Crippen molar-refractivity contribution in [3.05, 3.63) is 78.1 Å². The zero-order valence-corrected chi connectivity index (χ0v) is 14.3. The molecule has 0 saturated heterocycles. The molecule has 3 rings (SSSR count). The van der Waals surface area contributed by atoms with Crippen molar-refractivity contribution in [2.24, 2.45) is 10.2 Å². The van der Waals surface area contributed by atoms with Crippen molar-refractivity contribution in [3.63, 3.8) is 0 Å². The van der Waals surface area contributed by atoms with Gasteiger partial charge in [0.2, 0.25) is 10.0 Å². The Kier molecular flexibility index (Phi) is 4.97. The lowest BCUT2D eigenvalue weighted by Crippen LogP contribution is -2.17. The summed E-state index contributed by atoms with van der Waals surface area (Å²) in [4.78, 5) is 11.9. The van der Waals surface area contributed by atoms with Gasteiger partial charge in [-0.05, 0) is 48.5 Å². The maximum Gasteiger partial charge on any atom is 0.271 e. The van der Waals surface area contributed by atoms with Gasteiger partial charge in [-0.1, -0.05) is 18.2 Å². The average Bonchev–Trinajstić information content (AvgIpc) is 3.11. The minimum absolute atomic E-state index is 0.0261. The predicted molar refractivity (Wildman–Crippen MR) is 97.0 cm³/mol. The Morgan fingerprint density at radius 2 is 1.69 bits per heavy atom. The van der Waals surface area contributed by atoms with Gasteiger partial charge in [0.15, 0.2) is 0 Å². The first kappa shape index (κ1) is 17.6. The van der Waals surface area contributed by atoms with Crippen LogP contribution in [0.25, 0.3) is 11.3 Å². The molecule has 0 bridgehead atoms. The quantitative estimate of drug-likeness (QED) is 0.530. The van der Waals surface area contributed by atoms with Gasteiger partial charge in [0, 0.05) is 11.1 Å². The average molecular weight is 369 g/mol. The largest absolute Gasteiger partial charge is 0.455 e. The molecule has 0 unspecified atom stereocenters. The van der Waals surface area contributed by atoms with Gasteiger partial charge >= 0.3 is 0 Å². The highest BCUT2D eigenvalue weighted by atomic mass is 32.2. The third kappa shape index (κ3) is 4.24. The number of nitrogens with two attached hydrogens (primary N) is 1. The highest BCUT2D eigenvalue weighted by Crippen LogP contribution is 2.22. The fourth-order valence-electron chi connectivity index (χ4n) is 2.19. The maximum absolute atomic E-state index is 11.9. The zero-order chi connectivity index (χ0) is 18.6. The monoisotopic (exact) mass is 369 g/mol. The van der Waals surface area contributed by atoms with Crippen molar-refractivity contribution < 1.29 is 17.6 Å². The number of rotatable bonds is 5. The number of carbonyl (C=O) groups excluding carboxylic acids is 1. The number of hydrazone groups is 1. The minimum atomic E-state index is -3.73. The lowest BCUT2D eigenvalue weighted by atomic mass is 10.2. The first-order valence-electron chi connectivity index (χ1n) is 7.55. The topological polar surface area (TPSA) is 115 Å². The van der Waals surface area contributed by atoms with Crippen molar-refractivity contribution >= 4 is 22.1 Å². The predicted octanol–water partition coefficient (Wildman–Crippen LogP) is 2.36. The number of amides is 1.